The van der Waals surface area contributed by atoms with E-state index < -0.39 is 5.54 Å². The van der Waals surface area contributed by atoms with E-state index in [2.05, 4.69) is 17.1 Å². The number of nitrogens with one attached hydrogen (secondary N) is 1. The predicted octanol–water partition coefficient (Wildman–Crippen LogP) is 0.960. The normalized spacial score (nSPS) is 37.3. The quantitative estimate of drug-likeness (QED) is 0.770. The Morgan fingerprint density at radius 1 is 1.44 bits per heavy atom. The summed E-state index contributed by atoms with van der Waals surface area (Å²) in [6, 6.07) is 0.472. The Bertz CT molecular complexity index is 316. The van der Waals surface area contributed by atoms with Gasteiger partial charge in [0.25, 0.3) is 0 Å². The van der Waals surface area contributed by atoms with Gasteiger partial charge in [0.1, 0.15) is 0 Å². The van der Waals surface area contributed by atoms with E-state index >= 15 is 0 Å². The van der Waals surface area contributed by atoms with E-state index in [1.165, 1.54) is 19.3 Å². The van der Waals surface area contributed by atoms with Crippen LogP contribution in [-0.2, 0) is 4.79 Å². The molecule has 1 heterocycles. The Labute approximate surface area is 110 Å². The molecule has 2 rings (SSSR count). The van der Waals surface area contributed by atoms with Crippen molar-refractivity contribution in [2.75, 3.05) is 19.6 Å². The molecular formula is C14H27N3O. The molecule has 3 atom stereocenters. The minimum Gasteiger partial charge on any atom is -0.353 e. The van der Waals surface area contributed by atoms with E-state index in [1.807, 2.05) is 13.8 Å². The molecule has 1 amide bonds. The van der Waals surface area contributed by atoms with Crippen molar-refractivity contribution in [3.63, 3.8) is 0 Å². The number of hydrogen-bond donors (Lipinski definition) is 2. The van der Waals surface area contributed by atoms with Gasteiger partial charge in [-0.15, -0.1) is 0 Å². The molecule has 0 bridgehead atoms. The summed E-state index contributed by atoms with van der Waals surface area (Å²) in [4.78, 5) is 14.5. The molecule has 4 nitrogen and oxygen atoms in total. The highest BCUT2D eigenvalue weighted by Gasteiger charge is 2.44. The summed E-state index contributed by atoms with van der Waals surface area (Å²) in [5, 5.41) is 2.97. The number of nitrogens with two attached hydrogens (primary N) is 1. The van der Waals surface area contributed by atoms with E-state index in [0.717, 1.165) is 25.6 Å². The molecular weight excluding hydrogens is 226 g/mol. The van der Waals surface area contributed by atoms with Crippen LogP contribution in [0.1, 0.15) is 40.0 Å². The highest BCUT2D eigenvalue weighted by atomic mass is 16.2. The van der Waals surface area contributed by atoms with Gasteiger partial charge in [0.05, 0.1) is 5.54 Å². The number of piperazine rings is 1. The highest BCUT2D eigenvalue weighted by Crippen LogP contribution is 2.35. The zero-order valence-corrected chi connectivity index (χ0v) is 11.9. The van der Waals surface area contributed by atoms with Crippen molar-refractivity contribution in [1.82, 2.24) is 10.2 Å². The minimum absolute atomic E-state index is 0.155. The van der Waals surface area contributed by atoms with Crippen LogP contribution in [0.5, 0.6) is 0 Å². The molecule has 1 saturated carbocycles. The molecule has 1 aliphatic heterocycles. The van der Waals surface area contributed by atoms with Gasteiger partial charge in [-0.1, -0.05) is 13.3 Å². The number of rotatable bonds is 2. The van der Waals surface area contributed by atoms with E-state index in [4.69, 9.17) is 5.73 Å². The first-order valence-corrected chi connectivity index (χ1v) is 7.22. The lowest BCUT2D eigenvalue weighted by atomic mass is 9.76. The fourth-order valence-corrected chi connectivity index (χ4v) is 3.57. The lowest BCUT2D eigenvalue weighted by molar-refractivity contribution is -0.139. The number of carbonyl (C=O) groups is 1. The zero-order chi connectivity index (χ0) is 13.3. The monoisotopic (exact) mass is 253 g/mol. The maximum absolute atomic E-state index is 12.1. The molecule has 1 aliphatic carbocycles. The lowest BCUT2D eigenvalue weighted by Gasteiger charge is -2.50. The van der Waals surface area contributed by atoms with Gasteiger partial charge < -0.3 is 11.1 Å². The third-order valence-electron chi connectivity index (χ3n) is 4.83. The van der Waals surface area contributed by atoms with Crippen LogP contribution in [0.15, 0.2) is 0 Å². The fourth-order valence-electron chi connectivity index (χ4n) is 3.57. The maximum atomic E-state index is 12.1. The topological polar surface area (TPSA) is 58.4 Å². The van der Waals surface area contributed by atoms with Crippen molar-refractivity contribution in [3.8, 4) is 0 Å². The second kappa shape index (κ2) is 5.17. The van der Waals surface area contributed by atoms with Crippen LogP contribution in [0.2, 0.25) is 0 Å². The third-order valence-corrected chi connectivity index (χ3v) is 4.83. The second-order valence-electron chi connectivity index (χ2n) is 6.49. The Hall–Kier alpha value is -0.610. The summed E-state index contributed by atoms with van der Waals surface area (Å²) in [6.45, 7) is 8.85. The van der Waals surface area contributed by atoms with Gasteiger partial charge in [-0.25, -0.2) is 0 Å². The van der Waals surface area contributed by atoms with Crippen molar-refractivity contribution in [2.24, 2.45) is 17.6 Å². The number of hydrogen-bond acceptors (Lipinski definition) is 3. The molecule has 3 N–H and O–H groups in total. The smallest absolute Gasteiger partial charge is 0.240 e. The fraction of sp³-hybridized carbons (Fsp3) is 0.929. The molecule has 0 aromatic rings. The summed E-state index contributed by atoms with van der Waals surface area (Å²) in [5.41, 5.74) is 5.55. The summed E-state index contributed by atoms with van der Waals surface area (Å²) >= 11 is 0. The van der Waals surface area contributed by atoms with Gasteiger partial charge in [0.2, 0.25) is 5.91 Å². The molecule has 4 heteroatoms. The Morgan fingerprint density at radius 3 is 2.83 bits per heavy atom. The van der Waals surface area contributed by atoms with E-state index in [1.54, 1.807) is 0 Å². The van der Waals surface area contributed by atoms with Gasteiger partial charge in [-0.3, -0.25) is 9.69 Å². The molecule has 2 fully saturated rings. The zero-order valence-electron chi connectivity index (χ0n) is 11.9. The summed E-state index contributed by atoms with van der Waals surface area (Å²) in [7, 11) is 0. The van der Waals surface area contributed by atoms with Crippen molar-refractivity contribution in [1.29, 1.82) is 0 Å². The van der Waals surface area contributed by atoms with E-state index in [9.17, 15) is 4.79 Å². The standard InChI is InChI=1S/C14H27N3O/c1-10-4-5-11(9-15)12(8-10)17-7-6-16-13(18)14(17,2)3/h10-12H,4-9,15H2,1-3H3,(H,16,18). The lowest BCUT2D eigenvalue weighted by Crippen LogP contribution is -2.66. The van der Waals surface area contributed by atoms with Crippen LogP contribution < -0.4 is 11.1 Å². The van der Waals surface area contributed by atoms with Gasteiger partial charge in [0.15, 0.2) is 0 Å². The molecule has 2 aliphatic rings. The van der Waals surface area contributed by atoms with Crippen LogP contribution in [0.4, 0.5) is 0 Å². The van der Waals surface area contributed by atoms with Crippen LogP contribution in [-0.4, -0.2) is 42.0 Å². The third kappa shape index (κ3) is 2.41. The van der Waals surface area contributed by atoms with Gasteiger partial charge >= 0.3 is 0 Å². The van der Waals surface area contributed by atoms with Gasteiger partial charge in [0, 0.05) is 19.1 Å². The Kier molecular flexibility index (Phi) is 3.97. The second-order valence-corrected chi connectivity index (χ2v) is 6.49. The maximum Gasteiger partial charge on any atom is 0.240 e. The molecule has 104 valence electrons. The molecule has 18 heavy (non-hydrogen) atoms. The summed E-state index contributed by atoms with van der Waals surface area (Å²) in [6.07, 6.45) is 3.66. The number of nitrogens with zero attached hydrogens (tertiary/aromatic N) is 1. The van der Waals surface area contributed by atoms with Crippen LogP contribution in [0.3, 0.4) is 0 Å². The number of amides is 1. The average molecular weight is 253 g/mol. The molecule has 0 radical (unpaired) electrons. The SMILES string of the molecule is CC1CCC(CN)C(N2CCNC(=O)C2(C)C)C1. The van der Waals surface area contributed by atoms with Crippen molar-refractivity contribution in [2.45, 2.75) is 51.6 Å². The molecule has 0 aromatic carbocycles. The largest absolute Gasteiger partial charge is 0.353 e. The van der Waals surface area contributed by atoms with Crippen molar-refractivity contribution < 1.29 is 4.79 Å². The molecule has 1 saturated heterocycles. The first-order chi connectivity index (χ1) is 8.46. The van der Waals surface area contributed by atoms with E-state index in [0.29, 0.717) is 12.0 Å². The summed E-state index contributed by atoms with van der Waals surface area (Å²) < 4.78 is 0. The number of carbonyl (C=O) groups excluding carboxylic acids is 1. The highest BCUT2D eigenvalue weighted by molar-refractivity contribution is 5.86. The molecule has 0 aromatic heterocycles. The van der Waals surface area contributed by atoms with E-state index in [-0.39, 0.29) is 5.91 Å². The van der Waals surface area contributed by atoms with Crippen molar-refractivity contribution >= 4 is 5.91 Å². The van der Waals surface area contributed by atoms with Crippen molar-refractivity contribution in [3.05, 3.63) is 0 Å². The van der Waals surface area contributed by atoms with Crippen LogP contribution in [0.25, 0.3) is 0 Å². The van der Waals surface area contributed by atoms with Gasteiger partial charge in [-0.05, 0) is 45.1 Å². The van der Waals surface area contributed by atoms with Crippen LogP contribution in [0, 0.1) is 11.8 Å². The Morgan fingerprint density at radius 2 is 2.17 bits per heavy atom. The van der Waals surface area contributed by atoms with Crippen LogP contribution >= 0.6 is 0 Å². The predicted molar refractivity (Wildman–Crippen MR) is 73.1 cm³/mol. The van der Waals surface area contributed by atoms with Gasteiger partial charge in [-0.2, -0.15) is 0 Å². The summed E-state index contributed by atoms with van der Waals surface area (Å²) in [5.74, 6) is 1.45. The first-order valence-electron chi connectivity index (χ1n) is 7.22. The molecule has 3 unspecified atom stereocenters. The minimum atomic E-state index is -0.395. The average Bonchev–Trinajstić information content (AvgIpc) is 2.32. The Balaban J connectivity index is 2.18. The molecule has 0 spiro atoms. The first kappa shape index (κ1) is 13.8.